The van der Waals surface area contributed by atoms with Gasteiger partial charge in [-0.05, 0) is 36.8 Å². The number of carbonyl (C=O) groups is 2. The molecule has 0 bridgehead atoms. The lowest BCUT2D eigenvalue weighted by atomic mass is 10.1. The molecule has 152 valence electrons. The number of hydrogen-bond acceptors (Lipinski definition) is 4. The van der Waals surface area contributed by atoms with Gasteiger partial charge in [-0.25, -0.2) is 14.0 Å². The van der Waals surface area contributed by atoms with Crippen LogP contribution >= 0.6 is 0 Å². The molecule has 7 nitrogen and oxygen atoms in total. The smallest absolute Gasteiger partial charge is 0.414 e. The van der Waals surface area contributed by atoms with Crippen LogP contribution in [-0.2, 0) is 4.74 Å². The molecule has 2 saturated heterocycles. The molecular formula is C21H23FN4O3. The molecule has 2 aromatic rings. The standard InChI is InChI=1S/C21H23FN4O3/c1-15-6-7-16(26-12-13-29-21(26)28)14-18(15)23-20(27)25-10-8-24(9-11-25)19-5-3-2-4-17(19)22/h2-7,14H,8-13H2,1H3,(H,23,27). The molecule has 1 N–H and O–H groups in total. The van der Waals surface area contributed by atoms with Crippen LogP contribution in [0.1, 0.15) is 5.56 Å². The van der Waals surface area contributed by atoms with Crippen LogP contribution in [-0.4, -0.2) is 56.4 Å². The maximum absolute atomic E-state index is 14.0. The number of benzene rings is 2. The van der Waals surface area contributed by atoms with E-state index in [0.29, 0.717) is 56.4 Å². The van der Waals surface area contributed by atoms with Gasteiger partial charge in [-0.3, -0.25) is 4.90 Å². The summed E-state index contributed by atoms with van der Waals surface area (Å²) in [6, 6.07) is 12.0. The Morgan fingerprint density at radius 1 is 1.07 bits per heavy atom. The zero-order chi connectivity index (χ0) is 20.4. The molecule has 0 spiro atoms. The number of amides is 3. The van der Waals surface area contributed by atoms with Crippen LogP contribution in [0.3, 0.4) is 0 Å². The number of hydrogen-bond donors (Lipinski definition) is 1. The van der Waals surface area contributed by atoms with E-state index in [1.54, 1.807) is 28.0 Å². The van der Waals surface area contributed by atoms with Gasteiger partial charge in [-0.2, -0.15) is 0 Å². The lowest BCUT2D eigenvalue weighted by molar-refractivity contribution is 0.181. The van der Waals surface area contributed by atoms with Crippen molar-refractivity contribution in [3.05, 3.63) is 53.8 Å². The average Bonchev–Trinajstić information content (AvgIpc) is 3.16. The van der Waals surface area contributed by atoms with Gasteiger partial charge in [0.2, 0.25) is 0 Å². The lowest BCUT2D eigenvalue weighted by Gasteiger charge is -2.36. The molecule has 3 amide bonds. The van der Waals surface area contributed by atoms with Gasteiger partial charge in [-0.1, -0.05) is 18.2 Å². The fourth-order valence-corrected chi connectivity index (χ4v) is 3.59. The van der Waals surface area contributed by atoms with Crippen molar-refractivity contribution in [2.75, 3.05) is 54.4 Å². The zero-order valence-corrected chi connectivity index (χ0v) is 16.2. The van der Waals surface area contributed by atoms with Gasteiger partial charge >= 0.3 is 12.1 Å². The Balaban J connectivity index is 1.40. The highest BCUT2D eigenvalue weighted by Gasteiger charge is 2.25. The van der Waals surface area contributed by atoms with E-state index in [-0.39, 0.29) is 17.9 Å². The Morgan fingerprint density at radius 3 is 2.52 bits per heavy atom. The highest BCUT2D eigenvalue weighted by atomic mass is 19.1. The van der Waals surface area contributed by atoms with Crippen LogP contribution in [0.15, 0.2) is 42.5 Å². The molecule has 0 aliphatic carbocycles. The lowest BCUT2D eigenvalue weighted by Crippen LogP contribution is -2.50. The van der Waals surface area contributed by atoms with E-state index >= 15 is 0 Å². The van der Waals surface area contributed by atoms with Gasteiger partial charge in [0.25, 0.3) is 0 Å². The average molecular weight is 398 g/mol. The number of aryl methyl sites for hydroxylation is 1. The number of para-hydroxylation sites is 1. The quantitative estimate of drug-likeness (QED) is 0.860. The van der Waals surface area contributed by atoms with Gasteiger partial charge in [0.05, 0.1) is 12.2 Å². The topological polar surface area (TPSA) is 65.1 Å². The van der Waals surface area contributed by atoms with E-state index in [1.807, 2.05) is 30.0 Å². The van der Waals surface area contributed by atoms with Crippen LogP contribution < -0.4 is 15.1 Å². The zero-order valence-electron chi connectivity index (χ0n) is 16.2. The summed E-state index contributed by atoms with van der Waals surface area (Å²) >= 11 is 0. The summed E-state index contributed by atoms with van der Waals surface area (Å²) in [5.74, 6) is -0.252. The van der Waals surface area contributed by atoms with Crippen molar-refractivity contribution in [3.63, 3.8) is 0 Å². The monoisotopic (exact) mass is 398 g/mol. The van der Waals surface area contributed by atoms with Gasteiger partial charge in [0.15, 0.2) is 0 Å². The van der Waals surface area contributed by atoms with E-state index in [0.717, 1.165) is 5.56 Å². The number of ether oxygens (including phenoxy) is 1. The number of rotatable bonds is 3. The first-order chi connectivity index (χ1) is 14.0. The summed E-state index contributed by atoms with van der Waals surface area (Å²) in [7, 11) is 0. The van der Waals surface area contributed by atoms with Gasteiger partial charge in [0, 0.05) is 37.6 Å². The summed E-state index contributed by atoms with van der Waals surface area (Å²) in [4.78, 5) is 29.7. The molecule has 0 aromatic heterocycles. The molecule has 2 fully saturated rings. The third-order valence-electron chi connectivity index (χ3n) is 5.30. The third kappa shape index (κ3) is 3.96. The fraction of sp³-hybridized carbons (Fsp3) is 0.333. The minimum Gasteiger partial charge on any atom is -0.447 e. The molecule has 0 atom stereocenters. The second-order valence-corrected chi connectivity index (χ2v) is 7.12. The Labute approximate surface area is 168 Å². The Hall–Kier alpha value is -3.29. The van der Waals surface area contributed by atoms with Crippen molar-refractivity contribution in [3.8, 4) is 0 Å². The van der Waals surface area contributed by atoms with Crippen molar-refractivity contribution in [1.29, 1.82) is 0 Å². The molecule has 2 aromatic carbocycles. The first-order valence-corrected chi connectivity index (χ1v) is 9.63. The molecule has 4 rings (SSSR count). The fourth-order valence-electron chi connectivity index (χ4n) is 3.59. The summed E-state index contributed by atoms with van der Waals surface area (Å²) in [5.41, 5.74) is 2.81. The van der Waals surface area contributed by atoms with Crippen LogP contribution in [0.25, 0.3) is 0 Å². The summed E-state index contributed by atoms with van der Waals surface area (Å²) in [6.45, 7) is 4.88. The summed E-state index contributed by atoms with van der Waals surface area (Å²) in [6.07, 6.45) is -0.379. The van der Waals surface area contributed by atoms with Gasteiger partial charge in [-0.15, -0.1) is 0 Å². The van der Waals surface area contributed by atoms with Crippen molar-refractivity contribution in [2.45, 2.75) is 6.92 Å². The minimum absolute atomic E-state index is 0.206. The molecule has 2 aliphatic heterocycles. The molecule has 0 saturated carbocycles. The largest absolute Gasteiger partial charge is 0.447 e. The number of halogens is 1. The SMILES string of the molecule is Cc1ccc(N2CCOC2=O)cc1NC(=O)N1CCN(c2ccccc2F)CC1. The van der Waals surface area contributed by atoms with Crippen molar-refractivity contribution in [2.24, 2.45) is 0 Å². The van der Waals surface area contributed by atoms with Crippen molar-refractivity contribution in [1.82, 2.24) is 4.90 Å². The van der Waals surface area contributed by atoms with E-state index in [4.69, 9.17) is 4.74 Å². The number of carbonyl (C=O) groups excluding carboxylic acids is 2. The van der Waals surface area contributed by atoms with Crippen LogP contribution in [0.5, 0.6) is 0 Å². The number of cyclic esters (lactones) is 1. The Kier molecular flexibility index (Phi) is 5.24. The number of nitrogens with zero attached hydrogens (tertiary/aromatic N) is 3. The molecule has 29 heavy (non-hydrogen) atoms. The van der Waals surface area contributed by atoms with Crippen LogP contribution in [0.2, 0.25) is 0 Å². The normalized spacial score (nSPS) is 16.8. The van der Waals surface area contributed by atoms with Gasteiger partial charge in [0.1, 0.15) is 12.4 Å². The van der Waals surface area contributed by atoms with E-state index < -0.39 is 0 Å². The maximum Gasteiger partial charge on any atom is 0.414 e. The van der Waals surface area contributed by atoms with Crippen LogP contribution in [0.4, 0.5) is 31.0 Å². The van der Waals surface area contributed by atoms with Crippen molar-refractivity contribution >= 4 is 29.2 Å². The number of nitrogens with one attached hydrogen (secondary N) is 1. The van der Waals surface area contributed by atoms with E-state index in [9.17, 15) is 14.0 Å². The Morgan fingerprint density at radius 2 is 1.83 bits per heavy atom. The molecule has 2 heterocycles. The number of piperazine rings is 1. The molecular weight excluding hydrogens is 375 g/mol. The third-order valence-corrected chi connectivity index (χ3v) is 5.30. The predicted octanol–water partition coefficient (Wildman–Crippen LogP) is 3.44. The first kappa shape index (κ1) is 19.0. The highest BCUT2D eigenvalue weighted by molar-refractivity contribution is 5.94. The van der Waals surface area contributed by atoms with Crippen LogP contribution in [0, 0.1) is 12.7 Å². The minimum atomic E-state index is -0.379. The van der Waals surface area contributed by atoms with Crippen molar-refractivity contribution < 1.29 is 18.7 Å². The maximum atomic E-state index is 14.0. The Bertz CT molecular complexity index is 928. The summed E-state index contributed by atoms with van der Waals surface area (Å²) < 4.78 is 19.0. The second kappa shape index (κ2) is 7.98. The predicted molar refractivity (Wildman–Crippen MR) is 109 cm³/mol. The second-order valence-electron chi connectivity index (χ2n) is 7.12. The number of anilines is 3. The van der Waals surface area contributed by atoms with E-state index in [2.05, 4.69) is 5.32 Å². The number of urea groups is 1. The summed E-state index contributed by atoms with van der Waals surface area (Å²) in [5, 5.41) is 2.94. The molecule has 0 radical (unpaired) electrons. The molecule has 0 unspecified atom stereocenters. The highest BCUT2D eigenvalue weighted by Crippen LogP contribution is 2.26. The van der Waals surface area contributed by atoms with Gasteiger partial charge < -0.3 is 19.9 Å². The molecule has 8 heteroatoms. The van der Waals surface area contributed by atoms with E-state index in [1.165, 1.54) is 6.07 Å². The first-order valence-electron chi connectivity index (χ1n) is 9.63. The molecule has 2 aliphatic rings.